The molecule has 0 unspecified atom stereocenters. The van der Waals surface area contributed by atoms with Crippen molar-refractivity contribution in [2.24, 2.45) is 0 Å². The summed E-state index contributed by atoms with van der Waals surface area (Å²) in [5.41, 5.74) is 0.0377. The highest BCUT2D eigenvalue weighted by molar-refractivity contribution is 5.96. The SMILES string of the molecule is CC(=O)Oc1cc(C(=O)NCc2ccccc2)cc([N+](=O)[O-])c1OC(C)=O. The van der Waals surface area contributed by atoms with Gasteiger partial charge in [-0.3, -0.25) is 24.5 Å². The zero-order valence-electron chi connectivity index (χ0n) is 14.6. The van der Waals surface area contributed by atoms with E-state index in [4.69, 9.17) is 9.47 Å². The summed E-state index contributed by atoms with van der Waals surface area (Å²) in [6.07, 6.45) is 0. The summed E-state index contributed by atoms with van der Waals surface area (Å²) < 4.78 is 9.70. The third-order valence-electron chi connectivity index (χ3n) is 3.29. The molecule has 0 aliphatic rings. The number of nitro benzene ring substituents is 1. The Balaban J connectivity index is 2.39. The summed E-state index contributed by atoms with van der Waals surface area (Å²) >= 11 is 0. The lowest BCUT2D eigenvalue weighted by Crippen LogP contribution is -2.23. The van der Waals surface area contributed by atoms with E-state index < -0.39 is 40.0 Å². The Labute approximate surface area is 154 Å². The van der Waals surface area contributed by atoms with Crippen LogP contribution in [0.5, 0.6) is 11.5 Å². The van der Waals surface area contributed by atoms with Gasteiger partial charge in [0, 0.05) is 26.5 Å². The molecule has 1 amide bonds. The lowest BCUT2D eigenvalue weighted by molar-refractivity contribution is -0.385. The second-order valence-electron chi connectivity index (χ2n) is 5.44. The highest BCUT2D eigenvalue weighted by Crippen LogP contribution is 2.38. The van der Waals surface area contributed by atoms with Crippen LogP contribution in [0, 0.1) is 10.1 Å². The molecule has 140 valence electrons. The average molecular weight is 372 g/mol. The number of carbonyl (C=O) groups is 3. The Bertz CT molecular complexity index is 894. The molecule has 0 spiro atoms. The minimum atomic E-state index is -0.840. The van der Waals surface area contributed by atoms with Crippen molar-refractivity contribution in [3.8, 4) is 11.5 Å². The summed E-state index contributed by atoms with van der Waals surface area (Å²) in [6, 6.07) is 11.1. The molecule has 0 heterocycles. The molecule has 0 bridgehead atoms. The van der Waals surface area contributed by atoms with Gasteiger partial charge in [0.05, 0.1) is 10.5 Å². The van der Waals surface area contributed by atoms with E-state index in [-0.39, 0.29) is 12.1 Å². The molecule has 0 aliphatic carbocycles. The van der Waals surface area contributed by atoms with Crippen LogP contribution in [0.2, 0.25) is 0 Å². The Morgan fingerprint density at radius 2 is 1.67 bits per heavy atom. The van der Waals surface area contributed by atoms with Crippen molar-refractivity contribution in [1.29, 1.82) is 0 Å². The van der Waals surface area contributed by atoms with Gasteiger partial charge in [-0.25, -0.2) is 0 Å². The van der Waals surface area contributed by atoms with E-state index >= 15 is 0 Å². The lowest BCUT2D eigenvalue weighted by atomic mass is 10.1. The molecule has 0 aliphatic heterocycles. The highest BCUT2D eigenvalue weighted by Gasteiger charge is 2.27. The minimum absolute atomic E-state index is 0.121. The normalized spacial score (nSPS) is 10.0. The average Bonchev–Trinajstić information content (AvgIpc) is 2.60. The molecule has 0 saturated heterocycles. The molecule has 0 fully saturated rings. The van der Waals surface area contributed by atoms with E-state index in [1.54, 1.807) is 24.3 Å². The van der Waals surface area contributed by atoms with Crippen LogP contribution in [0.1, 0.15) is 29.8 Å². The molecule has 2 aromatic carbocycles. The number of hydrogen-bond acceptors (Lipinski definition) is 7. The third-order valence-corrected chi connectivity index (χ3v) is 3.29. The standard InChI is InChI=1S/C18H16N2O7/c1-11(21)26-16-9-14(8-15(20(24)25)17(16)27-12(2)22)18(23)19-10-13-6-4-3-5-7-13/h3-9H,10H2,1-2H3,(H,19,23). The summed E-state index contributed by atoms with van der Waals surface area (Å²) in [6.45, 7) is 2.31. The maximum absolute atomic E-state index is 12.4. The van der Waals surface area contributed by atoms with Gasteiger partial charge in [0.2, 0.25) is 0 Å². The van der Waals surface area contributed by atoms with Crippen LogP contribution in [0.4, 0.5) is 5.69 Å². The number of esters is 2. The van der Waals surface area contributed by atoms with Gasteiger partial charge in [-0.2, -0.15) is 0 Å². The summed E-state index contributed by atoms with van der Waals surface area (Å²) in [5, 5.41) is 13.9. The lowest BCUT2D eigenvalue weighted by Gasteiger charge is -2.11. The largest absolute Gasteiger partial charge is 0.422 e. The van der Waals surface area contributed by atoms with Crippen LogP contribution in [0.3, 0.4) is 0 Å². The van der Waals surface area contributed by atoms with E-state index in [0.717, 1.165) is 31.5 Å². The smallest absolute Gasteiger partial charge is 0.316 e. The molecule has 2 aromatic rings. The van der Waals surface area contributed by atoms with Crippen molar-refractivity contribution in [2.75, 3.05) is 0 Å². The summed E-state index contributed by atoms with van der Waals surface area (Å²) in [5.74, 6) is -3.18. The monoisotopic (exact) mass is 372 g/mol. The van der Waals surface area contributed by atoms with Crippen molar-refractivity contribution in [2.45, 2.75) is 20.4 Å². The second-order valence-corrected chi connectivity index (χ2v) is 5.44. The van der Waals surface area contributed by atoms with Gasteiger partial charge in [0.15, 0.2) is 5.75 Å². The predicted molar refractivity (Wildman–Crippen MR) is 93.3 cm³/mol. The molecular weight excluding hydrogens is 356 g/mol. The van der Waals surface area contributed by atoms with E-state index in [1.165, 1.54) is 0 Å². The first-order valence-electron chi connectivity index (χ1n) is 7.79. The number of amides is 1. The second kappa shape index (κ2) is 8.56. The van der Waals surface area contributed by atoms with Gasteiger partial charge < -0.3 is 14.8 Å². The Morgan fingerprint density at radius 1 is 1.04 bits per heavy atom. The number of ether oxygens (including phenoxy) is 2. The van der Waals surface area contributed by atoms with Gasteiger partial charge in [0.25, 0.3) is 11.7 Å². The van der Waals surface area contributed by atoms with Crippen molar-refractivity contribution >= 4 is 23.5 Å². The number of nitro groups is 1. The van der Waals surface area contributed by atoms with Crippen LogP contribution in [-0.2, 0) is 16.1 Å². The number of carbonyl (C=O) groups excluding carboxylic acids is 3. The first-order chi connectivity index (χ1) is 12.8. The van der Waals surface area contributed by atoms with Crippen LogP contribution in [0.25, 0.3) is 0 Å². The van der Waals surface area contributed by atoms with Crippen molar-refractivity contribution in [3.63, 3.8) is 0 Å². The summed E-state index contributed by atoms with van der Waals surface area (Å²) in [4.78, 5) is 45.4. The first kappa shape index (κ1) is 19.6. The topological polar surface area (TPSA) is 125 Å². The quantitative estimate of drug-likeness (QED) is 0.357. The molecule has 0 atom stereocenters. The maximum Gasteiger partial charge on any atom is 0.316 e. The molecule has 0 aromatic heterocycles. The molecule has 9 heteroatoms. The molecule has 2 rings (SSSR count). The Hall–Kier alpha value is -3.75. The third kappa shape index (κ3) is 5.36. The van der Waals surface area contributed by atoms with Crippen molar-refractivity contribution in [3.05, 3.63) is 63.7 Å². The minimum Gasteiger partial charge on any atom is -0.422 e. The van der Waals surface area contributed by atoms with Crippen LogP contribution < -0.4 is 14.8 Å². The Morgan fingerprint density at radius 3 is 2.22 bits per heavy atom. The zero-order chi connectivity index (χ0) is 20.0. The number of rotatable bonds is 6. The van der Waals surface area contributed by atoms with Crippen LogP contribution in [-0.4, -0.2) is 22.8 Å². The fraction of sp³-hybridized carbons (Fsp3) is 0.167. The van der Waals surface area contributed by atoms with Gasteiger partial charge in [-0.1, -0.05) is 30.3 Å². The maximum atomic E-state index is 12.4. The molecule has 27 heavy (non-hydrogen) atoms. The van der Waals surface area contributed by atoms with Crippen molar-refractivity contribution < 1.29 is 28.8 Å². The van der Waals surface area contributed by atoms with Gasteiger partial charge in [0.1, 0.15) is 0 Å². The molecule has 0 saturated carbocycles. The van der Waals surface area contributed by atoms with E-state index in [0.29, 0.717) is 0 Å². The van der Waals surface area contributed by atoms with Crippen molar-refractivity contribution in [1.82, 2.24) is 5.32 Å². The number of nitrogens with zero attached hydrogens (tertiary/aromatic N) is 1. The predicted octanol–water partition coefficient (Wildman–Crippen LogP) is 2.38. The molecule has 0 radical (unpaired) electrons. The first-order valence-corrected chi connectivity index (χ1v) is 7.79. The zero-order valence-corrected chi connectivity index (χ0v) is 14.6. The van der Waals surface area contributed by atoms with E-state index in [1.807, 2.05) is 6.07 Å². The van der Waals surface area contributed by atoms with E-state index in [2.05, 4.69) is 5.32 Å². The number of hydrogen-bond donors (Lipinski definition) is 1. The Kier molecular flexibility index (Phi) is 6.21. The van der Waals surface area contributed by atoms with Crippen LogP contribution in [0.15, 0.2) is 42.5 Å². The fourth-order valence-electron chi connectivity index (χ4n) is 2.21. The summed E-state index contributed by atoms with van der Waals surface area (Å²) in [7, 11) is 0. The van der Waals surface area contributed by atoms with Gasteiger partial charge in [-0.15, -0.1) is 0 Å². The highest BCUT2D eigenvalue weighted by atomic mass is 16.6. The molecule has 1 N–H and O–H groups in total. The fourth-order valence-corrected chi connectivity index (χ4v) is 2.21. The molecule has 9 nitrogen and oxygen atoms in total. The number of nitrogens with one attached hydrogen (secondary N) is 1. The van der Waals surface area contributed by atoms with Gasteiger partial charge in [-0.05, 0) is 11.6 Å². The van der Waals surface area contributed by atoms with Crippen LogP contribution >= 0.6 is 0 Å². The van der Waals surface area contributed by atoms with E-state index in [9.17, 15) is 24.5 Å². The van der Waals surface area contributed by atoms with Gasteiger partial charge >= 0.3 is 17.6 Å². The molecular formula is C18H16N2O7. The number of benzene rings is 2.